The molecule has 122 heavy (non-hydrogen) atoms. The average Bonchev–Trinajstić information content (AvgIpc) is 1.40. The molecule has 0 bridgehead atoms. The van der Waals surface area contributed by atoms with Crippen LogP contribution in [0.3, 0.4) is 0 Å². The van der Waals surface area contributed by atoms with E-state index in [0.29, 0.717) is 0 Å². The molecule has 12 heteroatoms. The van der Waals surface area contributed by atoms with Crippen LogP contribution in [0.5, 0.6) is 0 Å². The van der Waals surface area contributed by atoms with Gasteiger partial charge in [0.05, 0.1) is 66.2 Å². The zero-order chi connectivity index (χ0) is 85.8. The third-order valence-corrected chi connectivity index (χ3v) is 21.1. The molecule has 7 aromatic heterocycles. The van der Waals surface area contributed by atoms with E-state index in [4.69, 9.17) is 29.9 Å². The summed E-state index contributed by atoms with van der Waals surface area (Å²) in [5.74, 6) is 0. The molecule has 8 N–H and O–H groups in total. The van der Waals surface area contributed by atoms with Gasteiger partial charge in [-0.15, -0.1) is 0 Å². The quantitative estimate of drug-likeness (QED) is 0.0699. The van der Waals surface area contributed by atoms with Crippen LogP contribution in [0.4, 0.5) is 0 Å². The molecular weight excluding hydrogens is 1490 g/mol. The van der Waals surface area contributed by atoms with Crippen molar-refractivity contribution in [2.24, 2.45) is 11.5 Å². The summed E-state index contributed by atoms with van der Waals surface area (Å²) in [5.41, 5.74) is 35.3. The number of nitrogens with one attached hydrogen (secondary N) is 4. The zero-order valence-electron chi connectivity index (χ0n) is 72.2. The largest absolute Gasteiger partial charge is 0.361 e. The van der Waals surface area contributed by atoms with E-state index in [2.05, 4.69) is 323 Å². The Morgan fingerprint density at radius 3 is 0.639 bits per heavy atom. The SMILES string of the molecule is CC.CC.CC.CC.CC.CC.CN.CN.c1c[nH]c(-c2ccc(-c3ccc[nH]3)c3nc4c5ccccc5c5ccccc5c4nc23)c1.c1ccc(-c2ccc(-c3ccccc3)c3nc4c5ccccc5c5ccccc5c4nc23)cc1.c1ccc2c(c1)c1ccccc1c1nc3c(-c4ccc5cc[nH]c5c4)ccc(-c4ccc5cc[nH]c5c4)c3nc21. The monoisotopic (exact) mass is 1590 g/mol. The normalized spacial score (nSPS) is 10.6. The van der Waals surface area contributed by atoms with Crippen LogP contribution in [0.25, 0.3) is 220 Å². The highest BCUT2D eigenvalue weighted by Crippen LogP contribution is 2.44. The smallest absolute Gasteiger partial charge is 0.0995 e. The van der Waals surface area contributed by atoms with Gasteiger partial charge in [-0.3, -0.25) is 0 Å². The summed E-state index contributed by atoms with van der Waals surface area (Å²) in [4.78, 5) is 45.6. The molecule has 23 rings (SSSR count). The van der Waals surface area contributed by atoms with Gasteiger partial charge in [0.1, 0.15) is 0 Å². The van der Waals surface area contributed by atoms with E-state index < -0.39 is 0 Å². The van der Waals surface area contributed by atoms with Crippen molar-refractivity contribution in [3.63, 3.8) is 0 Å². The first kappa shape index (κ1) is 85.3. The van der Waals surface area contributed by atoms with E-state index in [-0.39, 0.29) is 0 Å². The number of fused-ring (bicyclic) bond motifs is 23. The molecule has 0 unspecified atom stereocenters. The fourth-order valence-corrected chi connectivity index (χ4v) is 16.1. The van der Waals surface area contributed by atoms with Crippen LogP contribution in [0.2, 0.25) is 0 Å². The first-order chi connectivity index (χ1) is 60.6. The zero-order valence-corrected chi connectivity index (χ0v) is 72.2. The highest BCUT2D eigenvalue weighted by molar-refractivity contribution is 6.27. The fourth-order valence-electron chi connectivity index (χ4n) is 16.1. The van der Waals surface area contributed by atoms with Crippen LogP contribution < -0.4 is 11.5 Å². The number of H-pyrrole nitrogens is 4. The van der Waals surface area contributed by atoms with Crippen LogP contribution in [-0.2, 0) is 0 Å². The molecule has 0 aliphatic heterocycles. The Hall–Kier alpha value is -14.6. The highest BCUT2D eigenvalue weighted by Gasteiger charge is 2.23. The predicted molar refractivity (Wildman–Crippen MR) is 530 cm³/mol. The lowest BCUT2D eigenvalue weighted by Gasteiger charge is -2.15. The van der Waals surface area contributed by atoms with Crippen molar-refractivity contribution in [1.29, 1.82) is 0 Å². The lowest BCUT2D eigenvalue weighted by atomic mass is 9.95. The Morgan fingerprint density at radius 2 is 0.393 bits per heavy atom. The summed E-state index contributed by atoms with van der Waals surface area (Å²) in [6.45, 7) is 24.0. The maximum absolute atomic E-state index is 5.46. The number of nitrogens with two attached hydrogens (primary N) is 2. The molecule has 7 heterocycles. The predicted octanol–water partition coefficient (Wildman–Crippen LogP) is 30.2. The van der Waals surface area contributed by atoms with Gasteiger partial charge in [0.15, 0.2) is 0 Å². The van der Waals surface area contributed by atoms with Gasteiger partial charge in [-0.2, -0.15) is 0 Å². The number of aromatic amines is 4. The van der Waals surface area contributed by atoms with Crippen molar-refractivity contribution >= 4 is 153 Å². The lowest BCUT2D eigenvalue weighted by molar-refractivity contribution is 1.36. The molecule has 23 aromatic rings. The van der Waals surface area contributed by atoms with Crippen LogP contribution in [0.1, 0.15) is 83.1 Å². The first-order valence-corrected chi connectivity index (χ1v) is 42.9. The van der Waals surface area contributed by atoms with Crippen molar-refractivity contribution in [2.75, 3.05) is 14.1 Å². The summed E-state index contributed by atoms with van der Waals surface area (Å²) < 4.78 is 0. The second-order valence-electron chi connectivity index (χ2n) is 27.1. The van der Waals surface area contributed by atoms with E-state index in [9.17, 15) is 0 Å². The number of hydrogen-bond acceptors (Lipinski definition) is 8. The van der Waals surface area contributed by atoms with Crippen LogP contribution in [0.15, 0.2) is 340 Å². The van der Waals surface area contributed by atoms with E-state index >= 15 is 0 Å². The molecule has 0 aliphatic rings. The number of nitrogens with zero attached hydrogens (tertiary/aromatic N) is 6. The molecule has 606 valence electrons. The molecule has 0 saturated heterocycles. The van der Waals surface area contributed by atoms with Crippen molar-refractivity contribution < 1.29 is 0 Å². The van der Waals surface area contributed by atoms with Gasteiger partial charge in [-0.1, -0.05) is 338 Å². The summed E-state index contributed by atoms with van der Waals surface area (Å²) in [7, 11) is 3.00. The molecule has 0 radical (unpaired) electrons. The van der Waals surface area contributed by atoms with Crippen molar-refractivity contribution in [1.82, 2.24) is 49.8 Å². The van der Waals surface area contributed by atoms with Gasteiger partial charge in [0, 0.05) is 113 Å². The van der Waals surface area contributed by atoms with E-state index in [1.165, 1.54) is 57.2 Å². The Bertz CT molecular complexity index is 7020. The molecular formula is C110H106N12. The molecule has 12 nitrogen and oxygen atoms in total. The Balaban J connectivity index is 0.000000146. The number of hydrogen-bond donors (Lipinski definition) is 6. The summed E-state index contributed by atoms with van der Waals surface area (Å²) in [5, 5.41) is 16.3. The second-order valence-corrected chi connectivity index (χ2v) is 27.1. The highest BCUT2D eigenvalue weighted by atomic mass is 14.9. The molecule has 0 amide bonds. The van der Waals surface area contributed by atoms with Gasteiger partial charge in [-0.25, -0.2) is 29.9 Å². The van der Waals surface area contributed by atoms with Crippen LogP contribution in [-0.4, -0.2) is 63.9 Å². The standard InChI is InChI=1S/C36H22N4.C32H20N2.C28H18N4.6C2H6.2CH5N/c1-3-7-29-27(5-1)28-6-2-4-8-30(28)36-35(29)39-33-25(23-11-9-21-15-17-37-31(21)19-23)13-14-26(34(33)40-36)24-12-10-22-16-18-38-32(22)20-24;1-3-11-21(12-4-1)23-19-20-24(22-13-5-2-6-14-22)30-29(23)33-31-27-17-9-7-15-25(27)26-16-8-10-18-28(26)32(31)34-30;1-3-9-19-17(7-1)18-8-2-4-10-20(18)26-25(19)31-27-21(23-11-5-15-29-23)13-14-22(28(27)32-26)24-12-6-16-30-24;8*1-2/h1-20,37-38H;1-20H;1-16,29-30H;6*1-2H3;2*2H2,1H3. The number of aromatic nitrogens is 10. The Labute approximate surface area is 713 Å². The number of benzene rings is 16. The van der Waals surface area contributed by atoms with Gasteiger partial charge in [-0.05, 0) is 140 Å². The van der Waals surface area contributed by atoms with Crippen molar-refractivity contribution in [2.45, 2.75) is 83.1 Å². The summed E-state index contributed by atoms with van der Waals surface area (Å²) in [6, 6.07) is 111. The van der Waals surface area contributed by atoms with E-state index in [0.717, 1.165) is 177 Å². The molecule has 16 aromatic carbocycles. The first-order valence-electron chi connectivity index (χ1n) is 42.9. The van der Waals surface area contributed by atoms with E-state index in [1.807, 2.05) is 132 Å². The minimum atomic E-state index is 0.896. The van der Waals surface area contributed by atoms with Gasteiger partial charge < -0.3 is 31.4 Å². The van der Waals surface area contributed by atoms with Gasteiger partial charge in [0.2, 0.25) is 0 Å². The maximum Gasteiger partial charge on any atom is 0.0995 e. The van der Waals surface area contributed by atoms with Gasteiger partial charge >= 0.3 is 0 Å². The third kappa shape index (κ3) is 16.2. The third-order valence-electron chi connectivity index (χ3n) is 21.1. The molecule has 0 spiro atoms. The van der Waals surface area contributed by atoms with Gasteiger partial charge in [0.25, 0.3) is 0 Å². The molecule has 0 aliphatic carbocycles. The molecule has 0 fully saturated rings. The topological polar surface area (TPSA) is 193 Å². The van der Waals surface area contributed by atoms with Crippen molar-refractivity contribution in [3.05, 3.63) is 340 Å². The minimum Gasteiger partial charge on any atom is -0.361 e. The fraction of sp³-hybridized carbons (Fsp3) is 0.127. The number of rotatable bonds is 6. The average molecular weight is 1600 g/mol. The Kier molecular flexibility index (Phi) is 28.2. The minimum absolute atomic E-state index is 0.896. The lowest BCUT2D eigenvalue weighted by Crippen LogP contribution is -1.96. The van der Waals surface area contributed by atoms with Crippen LogP contribution >= 0.6 is 0 Å². The maximum atomic E-state index is 5.46. The molecule has 0 saturated carbocycles. The van der Waals surface area contributed by atoms with Crippen LogP contribution in [0, 0.1) is 0 Å². The summed E-state index contributed by atoms with van der Waals surface area (Å²) >= 11 is 0. The summed E-state index contributed by atoms with van der Waals surface area (Å²) in [6.07, 6.45) is 7.85. The van der Waals surface area contributed by atoms with Crippen molar-refractivity contribution in [3.8, 4) is 67.0 Å². The second kappa shape index (κ2) is 40.3. The van der Waals surface area contributed by atoms with E-state index in [1.54, 1.807) is 0 Å². The Morgan fingerprint density at radius 1 is 0.172 bits per heavy atom. The molecule has 0 atom stereocenters.